The molecular formula is C22H26N2O2. The Labute approximate surface area is 155 Å². The van der Waals surface area contributed by atoms with Crippen molar-refractivity contribution in [1.29, 1.82) is 0 Å². The molecule has 0 bridgehead atoms. The van der Waals surface area contributed by atoms with Gasteiger partial charge in [-0.1, -0.05) is 35.4 Å². The highest BCUT2D eigenvalue weighted by atomic mass is 16.7. The third kappa shape index (κ3) is 2.60. The quantitative estimate of drug-likeness (QED) is 0.798. The Balaban J connectivity index is 1.72. The van der Waals surface area contributed by atoms with Gasteiger partial charge in [0.25, 0.3) is 0 Å². The zero-order valence-electron chi connectivity index (χ0n) is 16.2. The summed E-state index contributed by atoms with van der Waals surface area (Å²) in [6.45, 7) is 10.5. The minimum Gasteiger partial charge on any atom is -0.280 e. The van der Waals surface area contributed by atoms with Crippen molar-refractivity contribution in [2.45, 2.75) is 58.7 Å². The lowest BCUT2D eigenvalue weighted by atomic mass is 9.93. The number of hydrogen-bond donors (Lipinski definition) is 0. The Morgan fingerprint density at radius 3 is 2.31 bits per heavy atom. The number of hydrogen-bond acceptors (Lipinski definition) is 3. The number of hydroxylamine groups is 1. The summed E-state index contributed by atoms with van der Waals surface area (Å²) < 4.78 is 0. The third-order valence-corrected chi connectivity index (χ3v) is 5.41. The molecule has 1 fully saturated rings. The molecule has 136 valence electrons. The van der Waals surface area contributed by atoms with Gasteiger partial charge in [0.2, 0.25) is 5.91 Å². The highest BCUT2D eigenvalue weighted by Crippen LogP contribution is 2.47. The number of fused-ring (bicyclic) bond motifs is 1. The molecule has 4 nitrogen and oxygen atoms in total. The first-order valence-electron chi connectivity index (χ1n) is 9.18. The zero-order chi connectivity index (χ0) is 18.7. The number of nitrogens with zero attached hydrogens (tertiary/aromatic N) is 2. The highest BCUT2D eigenvalue weighted by Gasteiger charge is 2.54. The Morgan fingerprint density at radius 2 is 1.62 bits per heavy atom. The molecule has 1 saturated heterocycles. The molecule has 26 heavy (non-hydrogen) atoms. The molecule has 0 radical (unpaired) electrons. The summed E-state index contributed by atoms with van der Waals surface area (Å²) in [5.74, 6) is 0.106. The number of carbonyl (C=O) groups excluding carboxylic acids is 1. The molecule has 2 aliphatic rings. The standard InChI is InChI=1S/C22H26N2O2/c1-15-6-9-18(10-7-15)24-21(3,4)14-22(5,26-24)23-19-11-8-16(2)12-17(19)13-20(23)25/h6-12H,13-14H2,1-5H3/t22-/m1/s1. The molecule has 0 saturated carbocycles. The minimum atomic E-state index is -0.702. The Kier molecular flexibility index (Phi) is 3.67. The molecule has 4 heteroatoms. The van der Waals surface area contributed by atoms with Crippen LogP contribution in [0.1, 0.15) is 43.9 Å². The molecule has 2 heterocycles. The number of benzene rings is 2. The highest BCUT2D eigenvalue weighted by molar-refractivity contribution is 6.02. The van der Waals surface area contributed by atoms with E-state index in [2.05, 4.69) is 64.1 Å². The van der Waals surface area contributed by atoms with E-state index in [0.29, 0.717) is 6.42 Å². The fourth-order valence-electron chi connectivity index (χ4n) is 4.40. The van der Waals surface area contributed by atoms with E-state index in [9.17, 15) is 4.79 Å². The first-order chi connectivity index (χ1) is 12.2. The summed E-state index contributed by atoms with van der Waals surface area (Å²) in [4.78, 5) is 21.2. The lowest BCUT2D eigenvalue weighted by Crippen LogP contribution is -2.49. The smallest absolute Gasteiger partial charge is 0.233 e. The minimum absolute atomic E-state index is 0.106. The fraction of sp³-hybridized carbons (Fsp3) is 0.409. The van der Waals surface area contributed by atoms with Gasteiger partial charge < -0.3 is 0 Å². The van der Waals surface area contributed by atoms with Gasteiger partial charge in [0.1, 0.15) is 0 Å². The summed E-state index contributed by atoms with van der Waals surface area (Å²) in [5.41, 5.74) is 4.55. The van der Waals surface area contributed by atoms with Gasteiger partial charge >= 0.3 is 0 Å². The van der Waals surface area contributed by atoms with E-state index in [1.807, 2.05) is 23.0 Å². The molecule has 0 N–H and O–H groups in total. The van der Waals surface area contributed by atoms with Crippen LogP contribution in [0.25, 0.3) is 0 Å². The van der Waals surface area contributed by atoms with E-state index in [1.165, 1.54) is 11.1 Å². The molecule has 2 aromatic carbocycles. The van der Waals surface area contributed by atoms with Crippen molar-refractivity contribution in [2.75, 3.05) is 9.96 Å². The maximum atomic E-state index is 12.9. The van der Waals surface area contributed by atoms with Crippen molar-refractivity contribution < 1.29 is 9.63 Å². The normalized spacial score (nSPS) is 24.3. The number of rotatable bonds is 2. The first kappa shape index (κ1) is 17.1. The summed E-state index contributed by atoms with van der Waals surface area (Å²) in [6.07, 6.45) is 1.17. The van der Waals surface area contributed by atoms with Gasteiger partial charge in [-0.2, -0.15) is 0 Å². The lowest BCUT2D eigenvalue weighted by Gasteiger charge is -2.35. The van der Waals surface area contributed by atoms with Crippen molar-refractivity contribution in [2.24, 2.45) is 0 Å². The maximum Gasteiger partial charge on any atom is 0.233 e. The number of carbonyl (C=O) groups is 1. The molecule has 0 aliphatic carbocycles. The summed E-state index contributed by atoms with van der Waals surface area (Å²) in [5, 5.41) is 1.96. The van der Waals surface area contributed by atoms with Crippen LogP contribution in [0.2, 0.25) is 0 Å². The van der Waals surface area contributed by atoms with Crippen LogP contribution in [-0.4, -0.2) is 17.2 Å². The maximum absolute atomic E-state index is 12.9. The van der Waals surface area contributed by atoms with Crippen molar-refractivity contribution in [1.82, 2.24) is 0 Å². The number of anilines is 2. The summed E-state index contributed by atoms with van der Waals surface area (Å²) in [6, 6.07) is 14.5. The Hall–Kier alpha value is -2.33. The van der Waals surface area contributed by atoms with E-state index in [0.717, 1.165) is 23.4 Å². The van der Waals surface area contributed by atoms with Crippen LogP contribution in [-0.2, 0) is 16.1 Å². The van der Waals surface area contributed by atoms with Gasteiger partial charge in [0.15, 0.2) is 5.72 Å². The van der Waals surface area contributed by atoms with E-state index < -0.39 is 5.72 Å². The van der Waals surface area contributed by atoms with Crippen LogP contribution in [0.5, 0.6) is 0 Å². The SMILES string of the molecule is Cc1ccc(N2O[C@@](C)(N3C(=O)Cc4cc(C)ccc43)CC2(C)C)cc1. The average Bonchev–Trinajstić information content (AvgIpc) is 3.00. The van der Waals surface area contributed by atoms with E-state index in [4.69, 9.17) is 4.84 Å². The number of amides is 1. The van der Waals surface area contributed by atoms with Crippen molar-refractivity contribution >= 4 is 17.3 Å². The second kappa shape index (κ2) is 5.58. The van der Waals surface area contributed by atoms with E-state index in [-0.39, 0.29) is 11.4 Å². The fourth-order valence-corrected chi connectivity index (χ4v) is 4.40. The zero-order valence-corrected chi connectivity index (χ0v) is 16.2. The van der Waals surface area contributed by atoms with Gasteiger partial charge in [0.05, 0.1) is 23.3 Å². The van der Waals surface area contributed by atoms with E-state index in [1.54, 1.807) is 0 Å². The monoisotopic (exact) mass is 350 g/mol. The first-order valence-corrected chi connectivity index (χ1v) is 9.18. The van der Waals surface area contributed by atoms with Gasteiger partial charge in [-0.3, -0.25) is 9.69 Å². The summed E-state index contributed by atoms with van der Waals surface area (Å²) >= 11 is 0. The second-order valence-corrected chi connectivity index (χ2v) is 8.42. The topological polar surface area (TPSA) is 32.8 Å². The molecule has 0 unspecified atom stereocenters. The third-order valence-electron chi connectivity index (χ3n) is 5.41. The molecule has 4 rings (SSSR count). The molecular weight excluding hydrogens is 324 g/mol. The Morgan fingerprint density at radius 1 is 0.962 bits per heavy atom. The van der Waals surface area contributed by atoms with Crippen LogP contribution in [0.4, 0.5) is 11.4 Å². The van der Waals surface area contributed by atoms with Gasteiger partial charge in [-0.15, -0.1) is 0 Å². The Bertz CT molecular complexity index is 872. The molecule has 1 atom stereocenters. The molecule has 2 aromatic rings. The van der Waals surface area contributed by atoms with Gasteiger partial charge in [-0.25, -0.2) is 9.90 Å². The van der Waals surface area contributed by atoms with Crippen LogP contribution in [0.3, 0.4) is 0 Å². The average molecular weight is 350 g/mol. The number of aryl methyl sites for hydroxylation is 2. The van der Waals surface area contributed by atoms with E-state index >= 15 is 0 Å². The van der Waals surface area contributed by atoms with Crippen LogP contribution in [0.15, 0.2) is 42.5 Å². The van der Waals surface area contributed by atoms with Crippen molar-refractivity contribution in [3.8, 4) is 0 Å². The second-order valence-electron chi connectivity index (χ2n) is 8.42. The predicted molar refractivity (Wildman–Crippen MR) is 104 cm³/mol. The van der Waals surface area contributed by atoms with Crippen LogP contribution in [0, 0.1) is 13.8 Å². The van der Waals surface area contributed by atoms with Crippen molar-refractivity contribution in [3.63, 3.8) is 0 Å². The molecule has 0 aromatic heterocycles. The molecule has 0 spiro atoms. The van der Waals surface area contributed by atoms with Crippen molar-refractivity contribution in [3.05, 3.63) is 59.2 Å². The van der Waals surface area contributed by atoms with Crippen LogP contribution < -0.4 is 9.96 Å². The van der Waals surface area contributed by atoms with Crippen LogP contribution >= 0.6 is 0 Å². The molecule has 2 aliphatic heterocycles. The summed E-state index contributed by atoms with van der Waals surface area (Å²) in [7, 11) is 0. The molecule has 1 amide bonds. The van der Waals surface area contributed by atoms with Gasteiger partial charge in [0, 0.05) is 6.42 Å². The largest absolute Gasteiger partial charge is 0.280 e. The predicted octanol–water partition coefficient (Wildman–Crippen LogP) is 4.53. The van der Waals surface area contributed by atoms with Gasteiger partial charge in [-0.05, 0) is 58.4 Å². The lowest BCUT2D eigenvalue weighted by molar-refractivity contribution is -0.122.